The average molecular weight is 144 g/mol. The van der Waals surface area contributed by atoms with Crippen LogP contribution in [0.25, 0.3) is 0 Å². The molecule has 0 aromatic carbocycles. The van der Waals surface area contributed by atoms with E-state index in [1.165, 1.54) is 7.11 Å². The van der Waals surface area contributed by atoms with Gasteiger partial charge in [0.15, 0.2) is 5.82 Å². The Labute approximate surface area is 55.6 Å². The first-order valence-electron chi connectivity index (χ1n) is 2.53. The largest absolute Gasteiger partial charge is 0.478 e. The van der Waals surface area contributed by atoms with Crippen molar-refractivity contribution in [3.63, 3.8) is 0 Å². The van der Waals surface area contributed by atoms with E-state index >= 15 is 0 Å². The van der Waals surface area contributed by atoms with Crippen LogP contribution in [0.4, 0.5) is 4.39 Å². The zero-order valence-corrected chi connectivity index (χ0v) is 5.22. The Kier molecular flexibility index (Phi) is 1.66. The van der Waals surface area contributed by atoms with Crippen molar-refractivity contribution >= 4 is 0 Å². The highest BCUT2D eigenvalue weighted by molar-refractivity contribution is 5.08. The Morgan fingerprint density at radius 1 is 1.80 bits per heavy atom. The molecule has 0 bridgehead atoms. The summed E-state index contributed by atoms with van der Waals surface area (Å²) >= 11 is 0. The molecular formula is C5H5FN2O2. The van der Waals surface area contributed by atoms with E-state index < -0.39 is 11.4 Å². The number of hydrogen-bond donors (Lipinski definition) is 1. The van der Waals surface area contributed by atoms with Gasteiger partial charge in [-0.3, -0.25) is 4.79 Å². The number of rotatable bonds is 1. The third-order valence-electron chi connectivity index (χ3n) is 0.923. The van der Waals surface area contributed by atoms with Crippen LogP contribution < -0.4 is 10.3 Å². The molecule has 0 radical (unpaired) electrons. The first kappa shape index (κ1) is 6.73. The van der Waals surface area contributed by atoms with Crippen molar-refractivity contribution < 1.29 is 9.13 Å². The molecule has 0 spiro atoms. The van der Waals surface area contributed by atoms with Crippen LogP contribution in [0.2, 0.25) is 0 Å². The molecule has 1 aromatic rings. The number of nitrogens with one attached hydrogen (secondary N) is 1. The second-order valence-corrected chi connectivity index (χ2v) is 1.59. The lowest BCUT2D eigenvalue weighted by Crippen LogP contribution is -2.08. The molecule has 0 unspecified atom stereocenters. The van der Waals surface area contributed by atoms with E-state index in [0.717, 1.165) is 6.07 Å². The molecule has 1 aromatic heterocycles. The van der Waals surface area contributed by atoms with Crippen LogP contribution in [0.15, 0.2) is 10.9 Å². The van der Waals surface area contributed by atoms with E-state index in [0.29, 0.717) is 0 Å². The Hall–Kier alpha value is -1.39. The standard InChI is InChI=1S/C5H5FN2O2/c1-10-5-3(6)2-4(9)7-8-5/h2H,1H3,(H,7,9). The van der Waals surface area contributed by atoms with Gasteiger partial charge in [0.1, 0.15) is 0 Å². The lowest BCUT2D eigenvalue weighted by atomic mass is 10.5. The lowest BCUT2D eigenvalue weighted by molar-refractivity contribution is 0.361. The zero-order valence-electron chi connectivity index (χ0n) is 5.22. The van der Waals surface area contributed by atoms with Gasteiger partial charge in [-0.15, -0.1) is 5.10 Å². The monoisotopic (exact) mass is 144 g/mol. The number of H-pyrrole nitrogens is 1. The Morgan fingerprint density at radius 3 is 3.00 bits per heavy atom. The Bertz CT molecular complexity index is 283. The van der Waals surface area contributed by atoms with Crippen LogP contribution in [-0.2, 0) is 0 Å². The quantitative estimate of drug-likeness (QED) is 0.599. The fourth-order valence-corrected chi connectivity index (χ4v) is 0.512. The lowest BCUT2D eigenvalue weighted by Gasteiger charge is -1.95. The molecule has 0 aliphatic carbocycles. The van der Waals surface area contributed by atoms with Gasteiger partial charge in [-0.1, -0.05) is 0 Å². The highest BCUT2D eigenvalue weighted by atomic mass is 19.1. The van der Waals surface area contributed by atoms with Gasteiger partial charge in [-0.05, 0) is 0 Å². The number of aromatic nitrogens is 2. The molecule has 5 heteroatoms. The number of methoxy groups -OCH3 is 1. The summed E-state index contributed by atoms with van der Waals surface area (Å²) in [5, 5.41) is 5.28. The van der Waals surface area contributed by atoms with E-state index in [-0.39, 0.29) is 5.88 Å². The van der Waals surface area contributed by atoms with Gasteiger partial charge < -0.3 is 4.74 Å². The van der Waals surface area contributed by atoms with Gasteiger partial charge in [0.2, 0.25) is 0 Å². The van der Waals surface area contributed by atoms with Gasteiger partial charge in [-0.2, -0.15) is 0 Å². The number of aromatic amines is 1. The molecule has 1 heterocycles. The molecule has 0 atom stereocenters. The number of hydrogen-bond acceptors (Lipinski definition) is 3. The van der Waals surface area contributed by atoms with Gasteiger partial charge >= 0.3 is 0 Å². The summed E-state index contributed by atoms with van der Waals surface area (Å²) in [6.45, 7) is 0. The maximum Gasteiger partial charge on any atom is 0.267 e. The second kappa shape index (κ2) is 2.47. The van der Waals surface area contributed by atoms with Crippen LogP contribution >= 0.6 is 0 Å². The van der Waals surface area contributed by atoms with Crippen molar-refractivity contribution in [2.45, 2.75) is 0 Å². The van der Waals surface area contributed by atoms with Crippen molar-refractivity contribution in [3.8, 4) is 5.88 Å². The van der Waals surface area contributed by atoms with E-state index in [2.05, 4.69) is 9.84 Å². The number of halogens is 1. The fourth-order valence-electron chi connectivity index (χ4n) is 0.512. The number of nitrogens with zero attached hydrogens (tertiary/aromatic N) is 1. The minimum Gasteiger partial charge on any atom is -0.478 e. The molecule has 0 saturated carbocycles. The Morgan fingerprint density at radius 2 is 2.50 bits per heavy atom. The van der Waals surface area contributed by atoms with Crippen molar-refractivity contribution in [2.75, 3.05) is 7.11 Å². The fraction of sp³-hybridized carbons (Fsp3) is 0.200. The molecular weight excluding hydrogens is 139 g/mol. The molecule has 54 valence electrons. The summed E-state index contributed by atoms with van der Waals surface area (Å²) < 4.78 is 16.9. The zero-order chi connectivity index (χ0) is 7.56. The van der Waals surface area contributed by atoms with Gasteiger partial charge in [0, 0.05) is 6.07 Å². The summed E-state index contributed by atoms with van der Waals surface area (Å²) in [7, 11) is 1.27. The molecule has 0 amide bonds. The Balaban J connectivity index is 3.19. The van der Waals surface area contributed by atoms with Crippen LogP contribution in [0.3, 0.4) is 0 Å². The normalized spacial score (nSPS) is 9.40. The average Bonchev–Trinajstić information content (AvgIpc) is 1.88. The van der Waals surface area contributed by atoms with Crippen molar-refractivity contribution in [2.24, 2.45) is 0 Å². The summed E-state index contributed by atoms with van der Waals surface area (Å²) in [5.41, 5.74) is -0.585. The van der Waals surface area contributed by atoms with E-state index in [9.17, 15) is 9.18 Å². The van der Waals surface area contributed by atoms with Crippen LogP contribution in [0, 0.1) is 5.82 Å². The third kappa shape index (κ3) is 1.12. The smallest absolute Gasteiger partial charge is 0.267 e. The molecule has 4 nitrogen and oxygen atoms in total. The second-order valence-electron chi connectivity index (χ2n) is 1.59. The molecule has 1 rings (SSSR count). The van der Waals surface area contributed by atoms with E-state index in [1.807, 2.05) is 5.10 Å². The minimum atomic E-state index is -0.758. The van der Waals surface area contributed by atoms with Gasteiger partial charge in [-0.25, -0.2) is 9.49 Å². The SMILES string of the molecule is COc1n[nH]c(=O)cc1F. The van der Waals surface area contributed by atoms with Crippen molar-refractivity contribution in [1.29, 1.82) is 0 Å². The van der Waals surface area contributed by atoms with Crippen LogP contribution in [-0.4, -0.2) is 17.3 Å². The maximum atomic E-state index is 12.4. The topological polar surface area (TPSA) is 55.0 Å². The molecule has 0 saturated heterocycles. The van der Waals surface area contributed by atoms with Crippen LogP contribution in [0.5, 0.6) is 5.88 Å². The molecule has 0 aliphatic rings. The highest BCUT2D eigenvalue weighted by Crippen LogP contribution is 2.05. The first-order chi connectivity index (χ1) is 4.74. The summed E-state index contributed by atoms with van der Waals surface area (Å²) in [6.07, 6.45) is 0. The third-order valence-corrected chi connectivity index (χ3v) is 0.923. The van der Waals surface area contributed by atoms with E-state index in [1.54, 1.807) is 0 Å². The summed E-state index contributed by atoms with van der Waals surface area (Å²) in [6, 6.07) is 0.770. The molecule has 1 N–H and O–H groups in total. The van der Waals surface area contributed by atoms with Gasteiger partial charge in [0.05, 0.1) is 7.11 Å². The van der Waals surface area contributed by atoms with Crippen LogP contribution in [0.1, 0.15) is 0 Å². The predicted octanol–water partition coefficient (Wildman–Crippen LogP) is -0.0824. The van der Waals surface area contributed by atoms with Crippen molar-refractivity contribution in [3.05, 3.63) is 22.2 Å². The van der Waals surface area contributed by atoms with Gasteiger partial charge in [0.25, 0.3) is 11.4 Å². The summed E-state index contributed by atoms with van der Waals surface area (Å²) in [4.78, 5) is 10.3. The maximum absolute atomic E-state index is 12.4. The number of ether oxygens (including phenoxy) is 1. The van der Waals surface area contributed by atoms with Crippen molar-refractivity contribution in [1.82, 2.24) is 10.2 Å². The highest BCUT2D eigenvalue weighted by Gasteiger charge is 2.01. The summed E-state index contributed by atoms with van der Waals surface area (Å²) in [5.74, 6) is -0.967. The first-order valence-corrected chi connectivity index (χ1v) is 2.53. The predicted molar refractivity (Wildman–Crippen MR) is 31.4 cm³/mol. The van der Waals surface area contributed by atoms with E-state index in [4.69, 9.17) is 0 Å². The molecule has 0 fully saturated rings. The molecule has 0 aliphatic heterocycles. The molecule has 10 heavy (non-hydrogen) atoms. The minimum absolute atomic E-state index is 0.209.